The minimum Gasteiger partial charge on any atom is -0.341 e. The Hall–Kier alpha value is -0.570. The molecule has 18 heavy (non-hydrogen) atoms. The maximum absolute atomic E-state index is 12.5. The lowest BCUT2D eigenvalue weighted by Crippen LogP contribution is -2.49. The predicted molar refractivity (Wildman–Crippen MR) is 74.4 cm³/mol. The van der Waals surface area contributed by atoms with Gasteiger partial charge in [-0.3, -0.25) is 4.79 Å². The van der Waals surface area contributed by atoms with Crippen molar-refractivity contribution in [2.24, 2.45) is 11.8 Å². The van der Waals surface area contributed by atoms with Gasteiger partial charge in [-0.15, -0.1) is 0 Å². The van der Waals surface area contributed by atoms with Crippen molar-refractivity contribution >= 4 is 5.91 Å². The maximum Gasteiger partial charge on any atom is 0.225 e. The van der Waals surface area contributed by atoms with Crippen LogP contribution in [-0.2, 0) is 4.79 Å². The number of carbonyl (C=O) groups excluding carboxylic acids is 1. The maximum atomic E-state index is 12.5. The van der Waals surface area contributed by atoms with Gasteiger partial charge in [0.25, 0.3) is 0 Å². The molecule has 0 spiro atoms. The van der Waals surface area contributed by atoms with Crippen LogP contribution in [0.3, 0.4) is 0 Å². The van der Waals surface area contributed by atoms with Gasteiger partial charge in [-0.25, -0.2) is 0 Å². The quantitative estimate of drug-likeness (QED) is 0.836. The molecule has 0 radical (unpaired) electrons. The molecular weight excluding hydrogens is 224 g/mol. The molecule has 0 aromatic rings. The van der Waals surface area contributed by atoms with Crippen LogP contribution in [-0.4, -0.2) is 36.5 Å². The van der Waals surface area contributed by atoms with Crippen LogP contribution >= 0.6 is 0 Å². The van der Waals surface area contributed by atoms with Gasteiger partial charge in [-0.1, -0.05) is 13.8 Å². The topological polar surface area (TPSA) is 32.3 Å². The summed E-state index contributed by atoms with van der Waals surface area (Å²) in [6.07, 6.45) is 7.08. The number of nitrogens with one attached hydrogen (secondary N) is 1. The first-order valence-corrected chi connectivity index (χ1v) is 7.73. The highest BCUT2D eigenvalue weighted by atomic mass is 16.2. The first-order valence-electron chi connectivity index (χ1n) is 7.73. The van der Waals surface area contributed by atoms with E-state index in [9.17, 15) is 4.79 Å². The van der Waals surface area contributed by atoms with Crippen molar-refractivity contribution in [3.05, 3.63) is 0 Å². The first kappa shape index (κ1) is 13.9. The van der Waals surface area contributed by atoms with Gasteiger partial charge in [-0.2, -0.15) is 0 Å². The van der Waals surface area contributed by atoms with Crippen LogP contribution in [0.4, 0.5) is 0 Å². The number of rotatable bonds is 3. The van der Waals surface area contributed by atoms with E-state index in [-0.39, 0.29) is 0 Å². The van der Waals surface area contributed by atoms with Gasteiger partial charge in [0.05, 0.1) is 0 Å². The van der Waals surface area contributed by atoms with Gasteiger partial charge in [-0.05, 0) is 51.0 Å². The number of hydrogen-bond acceptors (Lipinski definition) is 2. The van der Waals surface area contributed by atoms with Crippen LogP contribution in [0, 0.1) is 11.8 Å². The molecular formula is C15H28N2O. The number of nitrogens with zero attached hydrogens (tertiary/aromatic N) is 1. The van der Waals surface area contributed by atoms with E-state index >= 15 is 0 Å². The molecule has 0 aromatic carbocycles. The van der Waals surface area contributed by atoms with Crippen LogP contribution in [0.2, 0.25) is 0 Å². The molecule has 2 fully saturated rings. The molecule has 2 rings (SSSR count). The van der Waals surface area contributed by atoms with Gasteiger partial charge in [0.15, 0.2) is 0 Å². The lowest BCUT2D eigenvalue weighted by atomic mass is 9.82. The van der Waals surface area contributed by atoms with Crippen molar-refractivity contribution in [1.29, 1.82) is 0 Å². The number of carbonyl (C=O) groups is 1. The molecule has 1 aliphatic carbocycles. The van der Waals surface area contributed by atoms with Crippen LogP contribution in [0.5, 0.6) is 0 Å². The molecule has 1 amide bonds. The lowest BCUT2D eigenvalue weighted by Gasteiger charge is -2.36. The van der Waals surface area contributed by atoms with Crippen molar-refractivity contribution in [3.63, 3.8) is 0 Å². The zero-order valence-electron chi connectivity index (χ0n) is 12.0. The molecule has 3 heteroatoms. The Morgan fingerprint density at radius 1 is 1.22 bits per heavy atom. The van der Waals surface area contributed by atoms with Gasteiger partial charge in [0, 0.05) is 25.0 Å². The van der Waals surface area contributed by atoms with E-state index in [1.54, 1.807) is 0 Å². The summed E-state index contributed by atoms with van der Waals surface area (Å²) >= 11 is 0. The average molecular weight is 252 g/mol. The van der Waals surface area contributed by atoms with E-state index in [1.807, 2.05) is 0 Å². The Morgan fingerprint density at radius 2 is 1.94 bits per heavy atom. The van der Waals surface area contributed by atoms with Crippen molar-refractivity contribution < 1.29 is 4.79 Å². The van der Waals surface area contributed by atoms with Crippen LogP contribution in [0.15, 0.2) is 0 Å². The number of likely N-dealkylation sites (tertiary alicyclic amines) is 1. The summed E-state index contributed by atoms with van der Waals surface area (Å²) in [5.74, 6) is 1.58. The monoisotopic (exact) mass is 252 g/mol. The zero-order chi connectivity index (χ0) is 13.0. The summed E-state index contributed by atoms with van der Waals surface area (Å²) in [7, 11) is 0. The van der Waals surface area contributed by atoms with Gasteiger partial charge < -0.3 is 10.2 Å². The fraction of sp³-hybridized carbons (Fsp3) is 0.933. The fourth-order valence-corrected chi connectivity index (χ4v) is 3.40. The van der Waals surface area contributed by atoms with Crippen LogP contribution in [0.1, 0.15) is 52.4 Å². The highest BCUT2D eigenvalue weighted by molar-refractivity contribution is 5.79. The Balaban J connectivity index is 1.84. The third kappa shape index (κ3) is 3.47. The normalized spacial score (nSPS) is 33.4. The lowest BCUT2D eigenvalue weighted by molar-refractivity contribution is -0.138. The predicted octanol–water partition coefficient (Wildman–Crippen LogP) is 2.41. The number of likely N-dealkylation sites (N-methyl/N-ethyl adjacent to an activating group) is 1. The number of piperidine rings is 1. The van der Waals surface area contributed by atoms with Crippen LogP contribution < -0.4 is 5.32 Å². The second kappa shape index (κ2) is 6.55. The van der Waals surface area contributed by atoms with E-state index in [0.29, 0.717) is 17.9 Å². The summed E-state index contributed by atoms with van der Waals surface area (Å²) in [5.41, 5.74) is 0. The standard InChI is InChI=1S/C15H28N2O/c1-3-16-14-5-4-10-17(11-14)15(18)13-8-6-12(2)7-9-13/h12-14,16H,3-11H2,1-2H3. The molecule has 1 saturated carbocycles. The van der Waals surface area contributed by atoms with E-state index in [1.165, 1.54) is 19.3 Å². The molecule has 2 aliphatic rings. The third-order valence-corrected chi connectivity index (χ3v) is 4.59. The Labute approximate surface area is 111 Å². The van der Waals surface area contributed by atoms with Crippen LogP contribution in [0.25, 0.3) is 0 Å². The van der Waals surface area contributed by atoms with E-state index in [4.69, 9.17) is 0 Å². The minimum absolute atomic E-state index is 0.321. The van der Waals surface area contributed by atoms with Crippen molar-refractivity contribution in [1.82, 2.24) is 10.2 Å². The molecule has 1 saturated heterocycles. The molecule has 1 aliphatic heterocycles. The SMILES string of the molecule is CCNC1CCCN(C(=O)C2CCC(C)CC2)C1. The van der Waals surface area contributed by atoms with Gasteiger partial charge in [0.2, 0.25) is 5.91 Å². The third-order valence-electron chi connectivity index (χ3n) is 4.59. The molecule has 1 unspecified atom stereocenters. The van der Waals surface area contributed by atoms with E-state index in [2.05, 4.69) is 24.1 Å². The minimum atomic E-state index is 0.321. The Morgan fingerprint density at radius 3 is 2.61 bits per heavy atom. The first-order chi connectivity index (χ1) is 8.70. The summed E-state index contributed by atoms with van der Waals surface area (Å²) in [6.45, 7) is 7.37. The highest BCUT2D eigenvalue weighted by Crippen LogP contribution is 2.30. The molecule has 104 valence electrons. The summed E-state index contributed by atoms with van der Waals surface area (Å²) < 4.78 is 0. The summed E-state index contributed by atoms with van der Waals surface area (Å²) in [4.78, 5) is 14.6. The average Bonchev–Trinajstić information content (AvgIpc) is 2.39. The second-order valence-electron chi connectivity index (χ2n) is 6.14. The largest absolute Gasteiger partial charge is 0.341 e. The Kier molecular flexibility index (Phi) is 5.04. The second-order valence-corrected chi connectivity index (χ2v) is 6.14. The van der Waals surface area contributed by atoms with Gasteiger partial charge >= 0.3 is 0 Å². The zero-order valence-corrected chi connectivity index (χ0v) is 12.0. The number of amides is 1. The smallest absolute Gasteiger partial charge is 0.225 e. The van der Waals surface area contributed by atoms with Crippen molar-refractivity contribution in [3.8, 4) is 0 Å². The summed E-state index contributed by atoms with van der Waals surface area (Å²) in [6, 6.07) is 0.523. The molecule has 0 bridgehead atoms. The van der Waals surface area contributed by atoms with E-state index in [0.717, 1.165) is 44.8 Å². The van der Waals surface area contributed by atoms with Crippen molar-refractivity contribution in [2.75, 3.05) is 19.6 Å². The highest BCUT2D eigenvalue weighted by Gasteiger charge is 2.30. The molecule has 1 N–H and O–H groups in total. The van der Waals surface area contributed by atoms with E-state index < -0.39 is 0 Å². The molecule has 1 atom stereocenters. The molecule has 3 nitrogen and oxygen atoms in total. The molecule has 1 heterocycles. The Bertz CT molecular complexity index is 270. The van der Waals surface area contributed by atoms with Crippen molar-refractivity contribution in [2.45, 2.75) is 58.4 Å². The fourth-order valence-electron chi connectivity index (χ4n) is 3.40. The molecule has 0 aromatic heterocycles. The summed E-state index contributed by atoms with van der Waals surface area (Å²) in [5, 5.41) is 3.49. The van der Waals surface area contributed by atoms with Gasteiger partial charge in [0.1, 0.15) is 0 Å². The number of hydrogen-bond donors (Lipinski definition) is 1.